The fourth-order valence-corrected chi connectivity index (χ4v) is 5.49. The Balaban J connectivity index is 1.67. The number of para-hydroxylation sites is 1. The number of amides is 2. The van der Waals surface area contributed by atoms with Crippen molar-refractivity contribution in [1.29, 1.82) is 0 Å². The maximum absolute atomic E-state index is 14.1. The lowest BCUT2D eigenvalue weighted by atomic mass is 9.99. The summed E-state index contributed by atoms with van der Waals surface area (Å²) in [6.45, 7) is 0. The van der Waals surface area contributed by atoms with Crippen LogP contribution in [0.2, 0.25) is 0 Å². The first kappa shape index (κ1) is 24.0. The van der Waals surface area contributed by atoms with Gasteiger partial charge in [-0.15, -0.1) is 0 Å². The van der Waals surface area contributed by atoms with Gasteiger partial charge in [0.1, 0.15) is 6.04 Å². The minimum Gasteiger partial charge on any atom is -0.493 e. The Labute approximate surface area is 211 Å². The summed E-state index contributed by atoms with van der Waals surface area (Å²) in [7, 11) is 3.10. The number of hydrogen-bond donors (Lipinski definition) is 1. The van der Waals surface area contributed by atoms with E-state index >= 15 is 0 Å². The molecule has 0 aliphatic heterocycles. The van der Waals surface area contributed by atoms with Crippen LogP contribution < -0.4 is 19.7 Å². The standard InChI is InChI=1S/C29H32N2O5/c1-34-24-13-6-12-23(27(24)35-2)26(28(32)30-21-10-3-4-11-21)31(29(33)25-14-7-17-36-25)22-16-15-19-8-5-9-20(19)18-22/h6-7,12-18,21,26H,3-5,8-11H2,1-2H3,(H,30,32)/t26-/m1/s1. The number of ether oxygens (including phenoxy) is 2. The second kappa shape index (κ2) is 10.5. The summed E-state index contributed by atoms with van der Waals surface area (Å²) >= 11 is 0. The minimum atomic E-state index is -0.993. The molecule has 1 atom stereocenters. The Morgan fingerprint density at radius 1 is 0.972 bits per heavy atom. The van der Waals surface area contributed by atoms with E-state index in [9.17, 15) is 9.59 Å². The number of carbonyl (C=O) groups is 2. The van der Waals surface area contributed by atoms with Gasteiger partial charge in [-0.25, -0.2) is 0 Å². The van der Waals surface area contributed by atoms with Crippen molar-refractivity contribution in [3.63, 3.8) is 0 Å². The summed E-state index contributed by atoms with van der Waals surface area (Å²) in [5.41, 5.74) is 3.69. The number of rotatable bonds is 8. The van der Waals surface area contributed by atoms with E-state index < -0.39 is 11.9 Å². The van der Waals surface area contributed by atoms with E-state index in [4.69, 9.17) is 13.9 Å². The molecule has 2 aliphatic carbocycles. The number of carbonyl (C=O) groups excluding carboxylic acids is 2. The summed E-state index contributed by atoms with van der Waals surface area (Å²) in [6, 6.07) is 13.8. The molecule has 1 aromatic heterocycles. The first-order valence-electron chi connectivity index (χ1n) is 12.6. The molecule has 0 bridgehead atoms. The first-order valence-corrected chi connectivity index (χ1v) is 12.6. The van der Waals surface area contributed by atoms with Crippen molar-refractivity contribution in [1.82, 2.24) is 5.32 Å². The Bertz CT molecular complexity index is 1230. The Hall–Kier alpha value is -3.74. The van der Waals surface area contributed by atoms with Crippen molar-refractivity contribution in [3.8, 4) is 11.5 Å². The maximum Gasteiger partial charge on any atom is 0.294 e. The smallest absolute Gasteiger partial charge is 0.294 e. The van der Waals surface area contributed by atoms with Gasteiger partial charge in [0.15, 0.2) is 17.3 Å². The van der Waals surface area contributed by atoms with Gasteiger partial charge in [-0.2, -0.15) is 0 Å². The molecule has 2 aliphatic rings. The van der Waals surface area contributed by atoms with Crippen molar-refractivity contribution in [2.45, 2.75) is 57.0 Å². The molecule has 1 heterocycles. The monoisotopic (exact) mass is 488 g/mol. The summed E-state index contributed by atoms with van der Waals surface area (Å²) in [4.78, 5) is 29.6. The second-order valence-electron chi connectivity index (χ2n) is 9.43. The third-order valence-electron chi connectivity index (χ3n) is 7.25. The van der Waals surface area contributed by atoms with E-state index in [1.807, 2.05) is 24.3 Å². The van der Waals surface area contributed by atoms with Gasteiger partial charge in [-0.05, 0) is 73.6 Å². The van der Waals surface area contributed by atoms with Gasteiger partial charge in [0.25, 0.3) is 5.91 Å². The maximum atomic E-state index is 14.1. The molecule has 1 saturated carbocycles. The number of aryl methyl sites for hydroxylation is 2. The second-order valence-corrected chi connectivity index (χ2v) is 9.43. The molecular formula is C29H32N2O5. The lowest BCUT2D eigenvalue weighted by molar-refractivity contribution is -0.123. The van der Waals surface area contributed by atoms with Crippen LogP contribution in [-0.4, -0.2) is 32.1 Å². The third-order valence-corrected chi connectivity index (χ3v) is 7.25. The molecule has 1 N–H and O–H groups in total. The summed E-state index contributed by atoms with van der Waals surface area (Å²) in [5.74, 6) is 0.428. The zero-order chi connectivity index (χ0) is 25.1. The molecule has 1 fully saturated rings. The van der Waals surface area contributed by atoms with E-state index in [-0.39, 0.29) is 17.7 Å². The summed E-state index contributed by atoms with van der Waals surface area (Å²) < 4.78 is 16.8. The summed E-state index contributed by atoms with van der Waals surface area (Å²) in [5, 5.41) is 3.21. The number of nitrogens with zero attached hydrogens (tertiary/aromatic N) is 1. The molecule has 7 heteroatoms. The minimum absolute atomic E-state index is 0.0807. The van der Waals surface area contributed by atoms with Crippen LogP contribution in [0.5, 0.6) is 11.5 Å². The normalized spacial score (nSPS) is 15.8. The molecule has 0 radical (unpaired) electrons. The highest BCUT2D eigenvalue weighted by molar-refractivity contribution is 6.09. The van der Waals surface area contributed by atoms with Crippen molar-refractivity contribution < 1.29 is 23.5 Å². The number of anilines is 1. The lowest BCUT2D eigenvalue weighted by Crippen LogP contribution is -2.46. The Morgan fingerprint density at radius 3 is 2.50 bits per heavy atom. The Morgan fingerprint density at radius 2 is 1.78 bits per heavy atom. The van der Waals surface area contributed by atoms with Crippen molar-refractivity contribution in [2.24, 2.45) is 0 Å². The van der Waals surface area contributed by atoms with E-state index in [2.05, 4.69) is 11.4 Å². The van der Waals surface area contributed by atoms with Gasteiger partial charge in [0.2, 0.25) is 5.91 Å². The van der Waals surface area contributed by atoms with Gasteiger partial charge < -0.3 is 19.2 Å². The predicted molar refractivity (Wildman–Crippen MR) is 137 cm³/mol. The van der Waals surface area contributed by atoms with E-state index in [0.29, 0.717) is 22.7 Å². The zero-order valence-corrected chi connectivity index (χ0v) is 20.8. The van der Waals surface area contributed by atoms with Crippen LogP contribution in [0.25, 0.3) is 0 Å². The topological polar surface area (TPSA) is 81.0 Å². The molecule has 7 nitrogen and oxygen atoms in total. The lowest BCUT2D eigenvalue weighted by Gasteiger charge is -2.33. The average Bonchev–Trinajstić information content (AvgIpc) is 3.68. The number of methoxy groups -OCH3 is 2. The average molecular weight is 489 g/mol. The van der Waals surface area contributed by atoms with Crippen molar-refractivity contribution in [3.05, 3.63) is 77.2 Å². The number of nitrogens with one attached hydrogen (secondary N) is 1. The molecule has 0 saturated heterocycles. The molecular weight excluding hydrogens is 456 g/mol. The van der Waals surface area contributed by atoms with Gasteiger partial charge >= 0.3 is 0 Å². The first-order chi connectivity index (χ1) is 17.6. The number of benzene rings is 2. The van der Waals surface area contributed by atoms with Gasteiger partial charge in [-0.3, -0.25) is 14.5 Å². The Kier molecular flexibility index (Phi) is 6.98. The number of fused-ring (bicyclic) bond motifs is 1. The highest BCUT2D eigenvalue weighted by Gasteiger charge is 2.38. The molecule has 5 rings (SSSR count). The predicted octanol–water partition coefficient (Wildman–Crippen LogP) is 5.23. The molecule has 36 heavy (non-hydrogen) atoms. The molecule has 0 spiro atoms. The highest BCUT2D eigenvalue weighted by Crippen LogP contribution is 2.40. The third kappa shape index (κ3) is 4.57. The summed E-state index contributed by atoms with van der Waals surface area (Å²) in [6.07, 6.45) is 8.55. The zero-order valence-electron chi connectivity index (χ0n) is 20.8. The quantitative estimate of drug-likeness (QED) is 0.469. The number of furan rings is 1. The fourth-order valence-electron chi connectivity index (χ4n) is 5.49. The van der Waals surface area contributed by atoms with E-state index in [1.165, 1.54) is 17.4 Å². The van der Waals surface area contributed by atoms with Crippen LogP contribution in [0.15, 0.2) is 59.2 Å². The van der Waals surface area contributed by atoms with Gasteiger partial charge in [-0.1, -0.05) is 31.0 Å². The van der Waals surface area contributed by atoms with Crippen LogP contribution >= 0.6 is 0 Å². The number of hydrogen-bond acceptors (Lipinski definition) is 5. The molecule has 2 amide bonds. The van der Waals surface area contributed by atoms with Gasteiger partial charge in [0, 0.05) is 17.3 Å². The largest absolute Gasteiger partial charge is 0.493 e. The van der Waals surface area contributed by atoms with Crippen LogP contribution in [-0.2, 0) is 17.6 Å². The van der Waals surface area contributed by atoms with Crippen LogP contribution in [0, 0.1) is 0 Å². The SMILES string of the molecule is COc1cccc([C@H](C(=O)NC2CCCC2)N(C(=O)c2ccco2)c2ccc3c(c2)CCC3)c1OC. The van der Waals surface area contributed by atoms with Crippen molar-refractivity contribution >= 4 is 17.5 Å². The molecule has 3 aromatic rings. The van der Waals surface area contributed by atoms with E-state index in [1.54, 1.807) is 37.3 Å². The van der Waals surface area contributed by atoms with Crippen LogP contribution in [0.3, 0.4) is 0 Å². The fraction of sp³-hybridized carbons (Fsp3) is 0.379. The molecule has 2 aromatic carbocycles. The molecule has 0 unspecified atom stereocenters. The van der Waals surface area contributed by atoms with Crippen LogP contribution in [0.1, 0.15) is 65.4 Å². The van der Waals surface area contributed by atoms with Gasteiger partial charge in [0.05, 0.1) is 20.5 Å². The van der Waals surface area contributed by atoms with E-state index in [0.717, 1.165) is 44.9 Å². The highest BCUT2D eigenvalue weighted by atomic mass is 16.5. The molecule has 188 valence electrons. The van der Waals surface area contributed by atoms with Crippen molar-refractivity contribution in [2.75, 3.05) is 19.1 Å². The van der Waals surface area contributed by atoms with Crippen LogP contribution in [0.4, 0.5) is 5.69 Å².